The van der Waals surface area contributed by atoms with Crippen LogP contribution in [0.25, 0.3) is 0 Å². The van der Waals surface area contributed by atoms with Gasteiger partial charge in [0.15, 0.2) is 0 Å². The molecule has 0 atom stereocenters. The van der Waals surface area contributed by atoms with Crippen molar-refractivity contribution < 1.29 is 0 Å². The van der Waals surface area contributed by atoms with Crippen LogP contribution in [0, 0.1) is 5.92 Å². The number of nitrogens with zero attached hydrogens (tertiary/aromatic N) is 2. The molecule has 0 aromatic carbocycles. The first-order chi connectivity index (χ1) is 8.69. The third kappa shape index (κ3) is 3.98. The van der Waals surface area contributed by atoms with Crippen molar-refractivity contribution in [1.29, 1.82) is 0 Å². The molecule has 0 spiro atoms. The van der Waals surface area contributed by atoms with Crippen molar-refractivity contribution in [2.45, 2.75) is 46.2 Å². The van der Waals surface area contributed by atoms with Crippen LogP contribution in [0.5, 0.6) is 0 Å². The van der Waals surface area contributed by atoms with Gasteiger partial charge in [0.05, 0.1) is 5.69 Å². The first-order valence-corrected chi connectivity index (χ1v) is 7.13. The molecule has 2 rings (SSSR count). The third-order valence-electron chi connectivity index (χ3n) is 3.23. The minimum absolute atomic E-state index is 0.667. The Morgan fingerprint density at radius 1 is 1.39 bits per heavy atom. The summed E-state index contributed by atoms with van der Waals surface area (Å²) in [6.07, 6.45) is 2.66. The average Bonchev–Trinajstić information content (AvgIpc) is 3.17. The van der Waals surface area contributed by atoms with Crippen LogP contribution < -0.4 is 10.2 Å². The second-order valence-corrected chi connectivity index (χ2v) is 5.57. The molecule has 0 unspecified atom stereocenters. The fourth-order valence-corrected chi connectivity index (χ4v) is 2.10. The third-order valence-corrected chi connectivity index (χ3v) is 3.23. The molecule has 1 aromatic heterocycles. The molecule has 3 heteroatoms. The lowest BCUT2D eigenvalue weighted by molar-refractivity contribution is 0.611. The van der Waals surface area contributed by atoms with Crippen molar-refractivity contribution in [3.05, 3.63) is 23.9 Å². The van der Waals surface area contributed by atoms with Gasteiger partial charge in [0.25, 0.3) is 0 Å². The lowest BCUT2D eigenvalue weighted by atomic mass is 10.2. The first-order valence-electron chi connectivity index (χ1n) is 7.13. The van der Waals surface area contributed by atoms with Gasteiger partial charge in [-0.3, -0.25) is 0 Å². The van der Waals surface area contributed by atoms with E-state index in [4.69, 9.17) is 4.98 Å². The Morgan fingerprint density at radius 2 is 2.17 bits per heavy atom. The van der Waals surface area contributed by atoms with Gasteiger partial charge in [0.2, 0.25) is 0 Å². The molecular formula is C15H25N3. The molecule has 0 saturated heterocycles. The number of rotatable bonds is 7. The van der Waals surface area contributed by atoms with Crippen molar-refractivity contribution in [2.75, 3.05) is 18.0 Å². The van der Waals surface area contributed by atoms with E-state index < -0.39 is 0 Å². The van der Waals surface area contributed by atoms with Gasteiger partial charge in [0.1, 0.15) is 5.82 Å². The number of aromatic nitrogens is 1. The van der Waals surface area contributed by atoms with E-state index in [9.17, 15) is 0 Å². The highest BCUT2D eigenvalue weighted by molar-refractivity contribution is 5.39. The smallest absolute Gasteiger partial charge is 0.128 e. The van der Waals surface area contributed by atoms with E-state index in [1.807, 2.05) is 0 Å². The van der Waals surface area contributed by atoms with Gasteiger partial charge in [-0.2, -0.15) is 0 Å². The predicted molar refractivity (Wildman–Crippen MR) is 76.8 cm³/mol. The minimum Gasteiger partial charge on any atom is -0.357 e. The van der Waals surface area contributed by atoms with E-state index in [1.54, 1.807) is 0 Å². The van der Waals surface area contributed by atoms with Crippen LogP contribution >= 0.6 is 0 Å². The van der Waals surface area contributed by atoms with Gasteiger partial charge in [-0.15, -0.1) is 0 Å². The van der Waals surface area contributed by atoms with E-state index in [0.717, 1.165) is 37.2 Å². The summed E-state index contributed by atoms with van der Waals surface area (Å²) in [6, 6.07) is 7.09. The summed E-state index contributed by atoms with van der Waals surface area (Å²) in [4.78, 5) is 7.11. The van der Waals surface area contributed by atoms with E-state index in [2.05, 4.69) is 49.2 Å². The number of hydrogen-bond donors (Lipinski definition) is 1. The minimum atomic E-state index is 0.667. The van der Waals surface area contributed by atoms with E-state index in [0.29, 0.717) is 5.92 Å². The van der Waals surface area contributed by atoms with Gasteiger partial charge in [-0.25, -0.2) is 4.98 Å². The molecule has 0 aliphatic heterocycles. The average molecular weight is 247 g/mol. The van der Waals surface area contributed by atoms with Crippen molar-refractivity contribution in [3.63, 3.8) is 0 Å². The Labute approximate surface area is 111 Å². The quantitative estimate of drug-likeness (QED) is 0.803. The van der Waals surface area contributed by atoms with Crippen LogP contribution in [0.1, 0.15) is 39.3 Å². The number of pyridine rings is 1. The van der Waals surface area contributed by atoms with Gasteiger partial charge >= 0.3 is 0 Å². The molecule has 1 aliphatic rings. The Morgan fingerprint density at radius 3 is 2.78 bits per heavy atom. The summed E-state index contributed by atoms with van der Waals surface area (Å²) in [5.41, 5.74) is 1.15. The number of nitrogens with one attached hydrogen (secondary N) is 1. The van der Waals surface area contributed by atoms with E-state index >= 15 is 0 Å². The molecule has 3 nitrogen and oxygen atoms in total. The fraction of sp³-hybridized carbons (Fsp3) is 0.667. The molecule has 1 aliphatic carbocycles. The molecule has 1 aromatic rings. The SMILES string of the molecule is CCN(CC(C)C)c1cccc(CNC2CC2)n1. The summed E-state index contributed by atoms with van der Waals surface area (Å²) in [5.74, 6) is 1.78. The maximum absolute atomic E-state index is 4.76. The molecule has 1 N–H and O–H groups in total. The molecular weight excluding hydrogens is 222 g/mol. The summed E-state index contributed by atoms with van der Waals surface area (Å²) < 4.78 is 0. The van der Waals surface area contributed by atoms with E-state index in [-0.39, 0.29) is 0 Å². The van der Waals surface area contributed by atoms with Crippen LogP contribution in [0.3, 0.4) is 0 Å². The first kappa shape index (κ1) is 13.3. The molecule has 18 heavy (non-hydrogen) atoms. The molecule has 100 valence electrons. The topological polar surface area (TPSA) is 28.2 Å². The zero-order valence-electron chi connectivity index (χ0n) is 11.8. The Balaban J connectivity index is 1.99. The van der Waals surface area contributed by atoms with E-state index in [1.165, 1.54) is 12.8 Å². The number of anilines is 1. The summed E-state index contributed by atoms with van der Waals surface area (Å²) in [7, 11) is 0. The molecule has 0 amide bonds. The lowest BCUT2D eigenvalue weighted by Crippen LogP contribution is -2.28. The maximum Gasteiger partial charge on any atom is 0.128 e. The predicted octanol–water partition coefficient (Wildman–Crippen LogP) is 2.82. The van der Waals surface area contributed by atoms with Crippen LogP contribution in [-0.4, -0.2) is 24.1 Å². The monoisotopic (exact) mass is 247 g/mol. The van der Waals surface area contributed by atoms with Crippen molar-refractivity contribution in [3.8, 4) is 0 Å². The van der Waals surface area contributed by atoms with Crippen molar-refractivity contribution in [2.24, 2.45) is 5.92 Å². The van der Waals surface area contributed by atoms with Crippen LogP contribution in [0.15, 0.2) is 18.2 Å². The van der Waals surface area contributed by atoms with Crippen LogP contribution in [0.2, 0.25) is 0 Å². The summed E-state index contributed by atoms with van der Waals surface area (Å²) in [6.45, 7) is 9.69. The second kappa shape index (κ2) is 6.19. The zero-order valence-corrected chi connectivity index (χ0v) is 11.8. The van der Waals surface area contributed by atoms with Gasteiger partial charge < -0.3 is 10.2 Å². The van der Waals surface area contributed by atoms with Crippen LogP contribution in [0.4, 0.5) is 5.82 Å². The molecule has 0 radical (unpaired) electrons. The summed E-state index contributed by atoms with van der Waals surface area (Å²) in [5, 5.41) is 3.52. The van der Waals surface area contributed by atoms with Crippen molar-refractivity contribution >= 4 is 5.82 Å². The lowest BCUT2D eigenvalue weighted by Gasteiger charge is -2.24. The molecule has 1 saturated carbocycles. The van der Waals surface area contributed by atoms with Gasteiger partial charge in [-0.1, -0.05) is 19.9 Å². The maximum atomic E-state index is 4.76. The Hall–Kier alpha value is -1.09. The Bertz CT molecular complexity index is 372. The van der Waals surface area contributed by atoms with Crippen LogP contribution in [-0.2, 0) is 6.54 Å². The number of hydrogen-bond acceptors (Lipinski definition) is 3. The molecule has 1 fully saturated rings. The fourth-order valence-electron chi connectivity index (χ4n) is 2.10. The summed E-state index contributed by atoms with van der Waals surface area (Å²) >= 11 is 0. The highest BCUT2D eigenvalue weighted by Crippen LogP contribution is 2.19. The van der Waals surface area contributed by atoms with Crippen molar-refractivity contribution in [1.82, 2.24) is 10.3 Å². The molecule has 1 heterocycles. The zero-order chi connectivity index (χ0) is 13.0. The highest BCUT2D eigenvalue weighted by atomic mass is 15.2. The second-order valence-electron chi connectivity index (χ2n) is 5.57. The normalized spacial score (nSPS) is 15.1. The Kier molecular flexibility index (Phi) is 4.59. The van der Waals surface area contributed by atoms with Gasteiger partial charge in [-0.05, 0) is 37.8 Å². The largest absolute Gasteiger partial charge is 0.357 e. The highest BCUT2D eigenvalue weighted by Gasteiger charge is 2.20. The standard InChI is InChI=1S/C15H25N3/c1-4-18(11-12(2)3)15-7-5-6-14(17-15)10-16-13-8-9-13/h5-7,12-13,16H,4,8-11H2,1-3H3. The van der Waals surface area contributed by atoms with Gasteiger partial charge in [0, 0.05) is 25.7 Å². The molecule has 0 bridgehead atoms.